The van der Waals surface area contributed by atoms with Crippen molar-refractivity contribution in [2.24, 2.45) is 5.41 Å². The topological polar surface area (TPSA) is 91.3 Å². The largest absolute Gasteiger partial charge is 0.481 e. The van der Waals surface area contributed by atoms with Gasteiger partial charge in [-0.15, -0.1) is 0 Å². The minimum Gasteiger partial charge on any atom is -0.481 e. The fourth-order valence-electron chi connectivity index (χ4n) is 1.82. The molecule has 0 atom stereocenters. The zero-order valence-corrected chi connectivity index (χ0v) is 12.6. The molecule has 3 N–H and O–H groups in total. The lowest BCUT2D eigenvalue weighted by Gasteiger charge is -2.23. The number of carbonyl (C=O) groups excluding carboxylic acids is 1. The fraction of sp³-hybridized carbons (Fsp3) is 0.533. The summed E-state index contributed by atoms with van der Waals surface area (Å²) in [7, 11) is 0. The molecule has 6 heteroatoms. The maximum atomic E-state index is 11.6. The lowest BCUT2D eigenvalue weighted by molar-refractivity contribution is -0.137. The van der Waals surface area contributed by atoms with Crippen LogP contribution in [0.5, 0.6) is 0 Å². The molecular weight excluding hydrogens is 270 g/mol. The number of carbonyl (C=O) groups is 2. The molecular formula is C15H23N3O3. The Morgan fingerprint density at radius 3 is 2.62 bits per heavy atom. The maximum absolute atomic E-state index is 11.6. The van der Waals surface area contributed by atoms with Gasteiger partial charge in [-0.2, -0.15) is 0 Å². The van der Waals surface area contributed by atoms with E-state index < -0.39 is 5.97 Å². The molecule has 21 heavy (non-hydrogen) atoms. The van der Waals surface area contributed by atoms with Gasteiger partial charge in [0.2, 0.25) is 0 Å². The molecule has 0 spiro atoms. The van der Waals surface area contributed by atoms with Crippen LogP contribution in [0.3, 0.4) is 0 Å². The van der Waals surface area contributed by atoms with Gasteiger partial charge in [-0.25, -0.2) is 4.79 Å². The summed E-state index contributed by atoms with van der Waals surface area (Å²) >= 11 is 0. The van der Waals surface area contributed by atoms with Gasteiger partial charge in [0, 0.05) is 19.2 Å². The molecule has 1 aromatic rings. The first-order valence-electron chi connectivity index (χ1n) is 7.02. The summed E-state index contributed by atoms with van der Waals surface area (Å²) in [6, 6.07) is 5.29. The van der Waals surface area contributed by atoms with Crippen LogP contribution in [0.4, 0.5) is 4.79 Å². The van der Waals surface area contributed by atoms with Gasteiger partial charge in [-0.1, -0.05) is 19.9 Å². The first-order valence-corrected chi connectivity index (χ1v) is 7.02. The van der Waals surface area contributed by atoms with E-state index in [0.29, 0.717) is 19.5 Å². The van der Waals surface area contributed by atoms with Crippen molar-refractivity contribution in [2.45, 2.75) is 39.7 Å². The van der Waals surface area contributed by atoms with Crippen LogP contribution < -0.4 is 10.6 Å². The third-order valence-electron chi connectivity index (χ3n) is 3.26. The average molecular weight is 293 g/mol. The van der Waals surface area contributed by atoms with Crippen molar-refractivity contribution in [2.75, 3.05) is 6.54 Å². The van der Waals surface area contributed by atoms with E-state index in [1.807, 2.05) is 32.0 Å². The standard InChI is InChI=1S/C15H23N3O3/c1-15(2,7-6-13(19)20)8-10-17-14(21)18-11-12-5-3-4-9-16-12/h3-5,9H,6-8,10-11H2,1-2H3,(H,19,20)(H2,17,18,21). The van der Waals surface area contributed by atoms with Gasteiger partial charge in [-0.05, 0) is 30.4 Å². The summed E-state index contributed by atoms with van der Waals surface area (Å²) < 4.78 is 0. The molecule has 6 nitrogen and oxygen atoms in total. The molecule has 0 aliphatic rings. The second-order valence-electron chi connectivity index (χ2n) is 5.74. The van der Waals surface area contributed by atoms with Crippen LogP contribution in [-0.2, 0) is 11.3 Å². The number of hydrogen-bond acceptors (Lipinski definition) is 3. The lowest BCUT2D eigenvalue weighted by Crippen LogP contribution is -2.37. The molecule has 0 saturated heterocycles. The Balaban J connectivity index is 2.19. The third kappa shape index (κ3) is 7.91. The van der Waals surface area contributed by atoms with Gasteiger partial charge in [-0.3, -0.25) is 9.78 Å². The molecule has 116 valence electrons. The van der Waals surface area contributed by atoms with Crippen LogP contribution >= 0.6 is 0 Å². The summed E-state index contributed by atoms with van der Waals surface area (Å²) in [6.45, 7) is 4.91. The number of urea groups is 1. The minimum absolute atomic E-state index is 0.105. The van der Waals surface area contributed by atoms with Crippen molar-refractivity contribution < 1.29 is 14.7 Å². The first-order chi connectivity index (χ1) is 9.89. The maximum Gasteiger partial charge on any atom is 0.315 e. The van der Waals surface area contributed by atoms with E-state index >= 15 is 0 Å². The number of rotatable bonds is 8. The van der Waals surface area contributed by atoms with Crippen molar-refractivity contribution in [3.63, 3.8) is 0 Å². The quantitative estimate of drug-likeness (QED) is 0.685. The Labute approximate surface area is 125 Å². The third-order valence-corrected chi connectivity index (χ3v) is 3.26. The molecule has 0 unspecified atom stereocenters. The summed E-state index contributed by atoms with van der Waals surface area (Å²) in [6.07, 6.45) is 3.16. The van der Waals surface area contributed by atoms with Crippen LogP contribution in [-0.4, -0.2) is 28.6 Å². The van der Waals surface area contributed by atoms with Gasteiger partial charge in [0.05, 0.1) is 12.2 Å². The molecule has 2 amide bonds. The van der Waals surface area contributed by atoms with Crippen molar-refractivity contribution in [3.8, 4) is 0 Å². The highest BCUT2D eigenvalue weighted by Gasteiger charge is 2.19. The van der Waals surface area contributed by atoms with Crippen LogP contribution in [0.25, 0.3) is 0 Å². The van der Waals surface area contributed by atoms with E-state index in [9.17, 15) is 9.59 Å². The molecule has 1 rings (SSSR count). The van der Waals surface area contributed by atoms with Crippen LogP contribution in [0.15, 0.2) is 24.4 Å². The van der Waals surface area contributed by atoms with E-state index in [4.69, 9.17) is 5.11 Å². The molecule has 0 radical (unpaired) electrons. The molecule has 0 fully saturated rings. The van der Waals surface area contributed by atoms with Crippen molar-refractivity contribution in [3.05, 3.63) is 30.1 Å². The van der Waals surface area contributed by atoms with Crippen LogP contribution in [0.2, 0.25) is 0 Å². The van der Waals surface area contributed by atoms with E-state index in [1.54, 1.807) is 6.20 Å². The Bertz CT molecular complexity index is 460. The van der Waals surface area contributed by atoms with Gasteiger partial charge in [0.1, 0.15) is 0 Å². The molecule has 1 aromatic heterocycles. The number of carboxylic acids is 1. The van der Waals surface area contributed by atoms with Crippen molar-refractivity contribution >= 4 is 12.0 Å². The average Bonchev–Trinajstić information content (AvgIpc) is 2.44. The number of hydrogen-bond donors (Lipinski definition) is 3. The summed E-state index contributed by atoms with van der Waals surface area (Å²) in [4.78, 5) is 26.3. The molecule has 1 heterocycles. The van der Waals surface area contributed by atoms with Crippen LogP contribution in [0, 0.1) is 5.41 Å². The Kier molecular flexibility index (Phi) is 6.65. The Morgan fingerprint density at radius 2 is 2.00 bits per heavy atom. The number of pyridine rings is 1. The number of carboxylic acid groups (broad SMARTS) is 1. The Morgan fingerprint density at radius 1 is 1.24 bits per heavy atom. The second kappa shape index (κ2) is 8.24. The molecule has 0 aliphatic carbocycles. The minimum atomic E-state index is -0.788. The van der Waals surface area contributed by atoms with E-state index in [2.05, 4.69) is 15.6 Å². The highest BCUT2D eigenvalue weighted by atomic mass is 16.4. The summed E-state index contributed by atoms with van der Waals surface area (Å²) in [5.41, 5.74) is 0.696. The molecule has 0 bridgehead atoms. The van der Waals surface area contributed by atoms with Crippen LogP contribution in [0.1, 0.15) is 38.8 Å². The highest BCUT2D eigenvalue weighted by molar-refractivity contribution is 5.73. The second-order valence-corrected chi connectivity index (χ2v) is 5.74. The molecule has 0 aliphatic heterocycles. The van der Waals surface area contributed by atoms with Gasteiger partial charge >= 0.3 is 12.0 Å². The SMILES string of the molecule is CC(C)(CCNC(=O)NCc1ccccn1)CCC(=O)O. The predicted octanol–water partition coefficient (Wildman–Crippen LogP) is 2.16. The Hall–Kier alpha value is -2.11. The highest BCUT2D eigenvalue weighted by Crippen LogP contribution is 2.25. The van der Waals surface area contributed by atoms with E-state index in [-0.39, 0.29) is 17.9 Å². The predicted molar refractivity (Wildman–Crippen MR) is 79.7 cm³/mol. The lowest BCUT2D eigenvalue weighted by atomic mass is 9.84. The van der Waals surface area contributed by atoms with E-state index in [1.165, 1.54) is 0 Å². The normalized spacial score (nSPS) is 11.0. The number of nitrogens with one attached hydrogen (secondary N) is 2. The monoisotopic (exact) mass is 293 g/mol. The van der Waals surface area contributed by atoms with E-state index in [0.717, 1.165) is 12.1 Å². The molecule has 0 aromatic carbocycles. The zero-order valence-electron chi connectivity index (χ0n) is 12.6. The number of amides is 2. The number of nitrogens with zero attached hydrogens (tertiary/aromatic N) is 1. The first kappa shape index (κ1) is 16.9. The summed E-state index contributed by atoms with van der Waals surface area (Å²) in [5, 5.41) is 14.2. The van der Waals surface area contributed by atoms with Gasteiger partial charge < -0.3 is 15.7 Å². The van der Waals surface area contributed by atoms with Gasteiger partial charge in [0.25, 0.3) is 0 Å². The smallest absolute Gasteiger partial charge is 0.315 e. The van der Waals surface area contributed by atoms with Crippen molar-refractivity contribution in [1.82, 2.24) is 15.6 Å². The number of aromatic nitrogens is 1. The number of aliphatic carboxylic acids is 1. The van der Waals surface area contributed by atoms with Crippen molar-refractivity contribution in [1.29, 1.82) is 0 Å². The fourth-order valence-corrected chi connectivity index (χ4v) is 1.82. The zero-order chi connectivity index (χ0) is 15.7. The molecule has 0 saturated carbocycles. The van der Waals surface area contributed by atoms with Gasteiger partial charge in [0.15, 0.2) is 0 Å². The summed E-state index contributed by atoms with van der Waals surface area (Å²) in [5.74, 6) is -0.788.